The average Bonchev–Trinajstić information content (AvgIpc) is 2.39. The third-order valence-corrected chi connectivity index (χ3v) is 2.81. The lowest BCUT2D eigenvalue weighted by Crippen LogP contribution is -2.07. The number of nitrogens with zero attached hydrogens (tertiary/aromatic N) is 1. The smallest absolute Gasteiger partial charge is 0.223 e. The fourth-order valence-electron chi connectivity index (χ4n) is 1.78. The Balaban J connectivity index is 2.28. The van der Waals surface area contributed by atoms with Crippen molar-refractivity contribution in [2.45, 2.75) is 26.3 Å². The SMILES string of the molecule is CCc1cccc(Oc2ncccc2[C@H](C)N)c1. The maximum Gasteiger partial charge on any atom is 0.223 e. The van der Waals surface area contributed by atoms with Gasteiger partial charge in [0.1, 0.15) is 5.75 Å². The number of hydrogen-bond acceptors (Lipinski definition) is 3. The zero-order valence-corrected chi connectivity index (χ0v) is 10.8. The van der Waals surface area contributed by atoms with Gasteiger partial charge in [0.25, 0.3) is 0 Å². The lowest BCUT2D eigenvalue weighted by Gasteiger charge is -2.12. The minimum atomic E-state index is -0.0944. The molecule has 94 valence electrons. The molecule has 0 spiro atoms. The van der Waals surface area contributed by atoms with Crippen molar-refractivity contribution in [2.75, 3.05) is 0 Å². The number of rotatable bonds is 4. The van der Waals surface area contributed by atoms with E-state index in [-0.39, 0.29) is 6.04 Å². The van der Waals surface area contributed by atoms with Crippen molar-refractivity contribution in [3.8, 4) is 11.6 Å². The van der Waals surface area contributed by atoms with Crippen LogP contribution in [0.2, 0.25) is 0 Å². The monoisotopic (exact) mass is 242 g/mol. The molecule has 1 heterocycles. The summed E-state index contributed by atoms with van der Waals surface area (Å²) in [5.74, 6) is 1.38. The van der Waals surface area contributed by atoms with E-state index in [2.05, 4.69) is 18.0 Å². The van der Waals surface area contributed by atoms with Gasteiger partial charge in [0.05, 0.1) is 0 Å². The van der Waals surface area contributed by atoms with Crippen LogP contribution in [0.3, 0.4) is 0 Å². The van der Waals surface area contributed by atoms with E-state index in [1.165, 1.54) is 5.56 Å². The fourth-order valence-corrected chi connectivity index (χ4v) is 1.78. The summed E-state index contributed by atoms with van der Waals surface area (Å²) in [5.41, 5.74) is 8.06. The van der Waals surface area contributed by atoms with Crippen LogP contribution < -0.4 is 10.5 Å². The Hall–Kier alpha value is -1.87. The van der Waals surface area contributed by atoms with Gasteiger partial charge in [-0.05, 0) is 37.1 Å². The van der Waals surface area contributed by atoms with Crippen LogP contribution in [0.4, 0.5) is 0 Å². The molecule has 0 aliphatic carbocycles. The minimum Gasteiger partial charge on any atom is -0.439 e. The van der Waals surface area contributed by atoms with Crippen LogP contribution in [-0.2, 0) is 6.42 Å². The Kier molecular flexibility index (Phi) is 3.95. The van der Waals surface area contributed by atoms with E-state index in [0.29, 0.717) is 5.88 Å². The maximum absolute atomic E-state index is 5.90. The van der Waals surface area contributed by atoms with Gasteiger partial charge >= 0.3 is 0 Å². The number of nitrogens with two attached hydrogens (primary N) is 1. The molecule has 0 unspecified atom stereocenters. The highest BCUT2D eigenvalue weighted by atomic mass is 16.5. The fraction of sp³-hybridized carbons (Fsp3) is 0.267. The number of ether oxygens (including phenoxy) is 1. The van der Waals surface area contributed by atoms with Crippen molar-refractivity contribution in [3.63, 3.8) is 0 Å². The molecule has 0 aliphatic heterocycles. The van der Waals surface area contributed by atoms with Crippen LogP contribution in [0.1, 0.15) is 31.0 Å². The molecule has 3 nitrogen and oxygen atoms in total. The molecule has 18 heavy (non-hydrogen) atoms. The first-order chi connectivity index (χ1) is 8.70. The second-order valence-corrected chi connectivity index (χ2v) is 4.29. The van der Waals surface area contributed by atoms with Gasteiger partial charge in [0.2, 0.25) is 5.88 Å². The Bertz CT molecular complexity index is 523. The van der Waals surface area contributed by atoms with Crippen LogP contribution in [0, 0.1) is 0 Å². The lowest BCUT2D eigenvalue weighted by molar-refractivity contribution is 0.451. The van der Waals surface area contributed by atoms with Crippen LogP contribution in [-0.4, -0.2) is 4.98 Å². The number of pyridine rings is 1. The summed E-state index contributed by atoms with van der Waals surface area (Å²) in [6.45, 7) is 4.04. The van der Waals surface area contributed by atoms with Crippen molar-refractivity contribution >= 4 is 0 Å². The Morgan fingerprint density at radius 1 is 1.28 bits per heavy atom. The first-order valence-electron chi connectivity index (χ1n) is 6.18. The van der Waals surface area contributed by atoms with Crippen LogP contribution >= 0.6 is 0 Å². The summed E-state index contributed by atoms with van der Waals surface area (Å²) >= 11 is 0. The first kappa shape index (κ1) is 12.6. The van der Waals surface area contributed by atoms with Crippen molar-refractivity contribution in [1.29, 1.82) is 0 Å². The highest BCUT2D eigenvalue weighted by molar-refractivity contribution is 5.35. The average molecular weight is 242 g/mol. The molecule has 2 rings (SSSR count). The summed E-state index contributed by atoms with van der Waals surface area (Å²) in [7, 11) is 0. The number of hydrogen-bond donors (Lipinski definition) is 1. The molecule has 0 bridgehead atoms. The third kappa shape index (κ3) is 2.87. The van der Waals surface area contributed by atoms with Gasteiger partial charge in [-0.2, -0.15) is 0 Å². The van der Waals surface area contributed by atoms with Gasteiger partial charge in [-0.15, -0.1) is 0 Å². The molecule has 0 saturated heterocycles. The summed E-state index contributed by atoms with van der Waals surface area (Å²) in [6.07, 6.45) is 2.70. The quantitative estimate of drug-likeness (QED) is 0.893. The molecule has 2 aromatic rings. The van der Waals surface area contributed by atoms with E-state index in [9.17, 15) is 0 Å². The molecule has 0 radical (unpaired) electrons. The topological polar surface area (TPSA) is 48.1 Å². The molecule has 0 amide bonds. The predicted octanol–water partition coefficient (Wildman–Crippen LogP) is 3.46. The third-order valence-electron chi connectivity index (χ3n) is 2.81. The van der Waals surface area contributed by atoms with E-state index in [4.69, 9.17) is 10.5 Å². The van der Waals surface area contributed by atoms with Gasteiger partial charge in [-0.1, -0.05) is 25.1 Å². The van der Waals surface area contributed by atoms with E-state index >= 15 is 0 Å². The predicted molar refractivity (Wildman–Crippen MR) is 72.7 cm³/mol. The number of aryl methyl sites for hydroxylation is 1. The maximum atomic E-state index is 5.90. The normalized spacial score (nSPS) is 12.2. The van der Waals surface area contributed by atoms with Crippen molar-refractivity contribution in [3.05, 3.63) is 53.7 Å². The standard InChI is InChI=1S/C15H18N2O/c1-3-12-6-4-7-13(10-12)18-15-14(11(2)16)8-5-9-17-15/h4-11H,3,16H2,1-2H3/t11-/m0/s1. The summed E-state index contributed by atoms with van der Waals surface area (Å²) in [4.78, 5) is 4.25. The summed E-state index contributed by atoms with van der Waals surface area (Å²) in [6, 6.07) is 11.7. The second kappa shape index (κ2) is 5.65. The Morgan fingerprint density at radius 2 is 2.11 bits per heavy atom. The second-order valence-electron chi connectivity index (χ2n) is 4.29. The van der Waals surface area contributed by atoms with Crippen molar-refractivity contribution < 1.29 is 4.74 Å². The largest absolute Gasteiger partial charge is 0.439 e. The minimum absolute atomic E-state index is 0.0944. The Labute approximate surface area is 108 Å². The zero-order valence-electron chi connectivity index (χ0n) is 10.8. The number of aromatic nitrogens is 1. The number of benzene rings is 1. The first-order valence-corrected chi connectivity index (χ1v) is 6.18. The van der Waals surface area contributed by atoms with Gasteiger partial charge in [0, 0.05) is 17.8 Å². The van der Waals surface area contributed by atoms with Crippen LogP contribution in [0.5, 0.6) is 11.6 Å². The van der Waals surface area contributed by atoms with Gasteiger partial charge in [-0.3, -0.25) is 0 Å². The highest BCUT2D eigenvalue weighted by Crippen LogP contribution is 2.26. The molecule has 3 heteroatoms. The van der Waals surface area contributed by atoms with Gasteiger partial charge in [-0.25, -0.2) is 4.98 Å². The summed E-state index contributed by atoms with van der Waals surface area (Å²) in [5, 5.41) is 0. The molecule has 1 aromatic carbocycles. The molecule has 0 saturated carbocycles. The molecular formula is C15H18N2O. The van der Waals surface area contributed by atoms with Crippen molar-refractivity contribution in [2.24, 2.45) is 5.73 Å². The molecule has 2 N–H and O–H groups in total. The molecule has 1 atom stereocenters. The van der Waals surface area contributed by atoms with Gasteiger partial charge in [0.15, 0.2) is 0 Å². The van der Waals surface area contributed by atoms with E-state index < -0.39 is 0 Å². The van der Waals surface area contributed by atoms with Crippen LogP contribution in [0.25, 0.3) is 0 Å². The van der Waals surface area contributed by atoms with E-state index in [1.807, 2.05) is 37.3 Å². The molecular weight excluding hydrogens is 224 g/mol. The summed E-state index contributed by atoms with van der Waals surface area (Å²) < 4.78 is 5.82. The Morgan fingerprint density at radius 3 is 2.83 bits per heavy atom. The molecule has 0 fully saturated rings. The van der Waals surface area contributed by atoms with Crippen LogP contribution in [0.15, 0.2) is 42.6 Å². The molecule has 1 aromatic heterocycles. The van der Waals surface area contributed by atoms with E-state index in [1.54, 1.807) is 6.20 Å². The van der Waals surface area contributed by atoms with Gasteiger partial charge < -0.3 is 10.5 Å². The zero-order chi connectivity index (χ0) is 13.0. The highest BCUT2D eigenvalue weighted by Gasteiger charge is 2.09. The molecule has 0 aliphatic rings. The van der Waals surface area contributed by atoms with E-state index in [0.717, 1.165) is 17.7 Å². The lowest BCUT2D eigenvalue weighted by atomic mass is 10.1. The van der Waals surface area contributed by atoms with Crippen molar-refractivity contribution in [1.82, 2.24) is 4.98 Å².